The van der Waals surface area contributed by atoms with E-state index in [1.54, 1.807) is 37.6 Å². The van der Waals surface area contributed by atoms with Crippen LogP contribution in [0, 0.1) is 55.4 Å². The van der Waals surface area contributed by atoms with E-state index in [4.69, 9.17) is 46.4 Å². The number of hydrogen-bond acceptors (Lipinski definition) is 8. The molecule has 16 nitrogen and oxygen atoms in total. The molecule has 8 rings (SSSR count). The number of aromatic nitrogens is 8. The van der Waals surface area contributed by atoms with Crippen molar-refractivity contribution in [1.29, 1.82) is 0 Å². The van der Waals surface area contributed by atoms with E-state index >= 15 is 0 Å². The van der Waals surface area contributed by atoms with Gasteiger partial charge in [0.25, 0.3) is 22.2 Å². The van der Waals surface area contributed by atoms with Gasteiger partial charge in [-0.3, -0.25) is 70.0 Å². The maximum atomic E-state index is 12.5. The summed E-state index contributed by atoms with van der Waals surface area (Å²) in [4.78, 5) is 48.1. The van der Waals surface area contributed by atoms with Gasteiger partial charge >= 0.3 is 0 Å². The molecule has 4 aromatic heterocycles. The highest BCUT2D eigenvalue weighted by molar-refractivity contribution is 7.85. The Morgan fingerprint density at radius 1 is 0.368 bits per heavy atom. The third-order valence-electron chi connectivity index (χ3n) is 12.0. The van der Waals surface area contributed by atoms with Crippen LogP contribution in [0.15, 0.2) is 112 Å². The molecule has 0 saturated heterocycles. The molecule has 408 valence electrons. The SMILES string of the molecule is Cc1cc(S(=O)Cc2cc(=O)[nH][nH]2)c(C)cc1Cl.Cc1cc(S(=O)Cc2cc(=O)[nH]n2C)c(C)cc1Cl.Cc1cc(S(=O)Cc2cc(=O)n(C)[nH]2)c(C)cc1Cl.Cc1cc(S(=O)Cc2cc(=O)n(C)n2C)c(C)cc1Cl. The van der Waals surface area contributed by atoms with Crippen molar-refractivity contribution in [2.75, 3.05) is 0 Å². The van der Waals surface area contributed by atoms with Crippen molar-refractivity contribution in [3.63, 3.8) is 0 Å². The minimum atomic E-state index is -1.20. The van der Waals surface area contributed by atoms with Crippen molar-refractivity contribution >= 4 is 89.6 Å². The highest BCUT2D eigenvalue weighted by Crippen LogP contribution is 2.28. The fourth-order valence-corrected chi connectivity index (χ4v) is 13.7. The molecule has 0 aliphatic carbocycles. The summed E-state index contributed by atoms with van der Waals surface area (Å²) < 4.78 is 55.7. The number of aryl methyl sites for hydroxylation is 10. The van der Waals surface area contributed by atoms with Crippen LogP contribution in [0.5, 0.6) is 0 Å². The lowest BCUT2D eigenvalue weighted by Crippen LogP contribution is -2.17. The van der Waals surface area contributed by atoms with Gasteiger partial charge in [-0.1, -0.05) is 46.4 Å². The third kappa shape index (κ3) is 16.1. The fourth-order valence-electron chi connectivity index (χ4n) is 7.39. The molecule has 0 aliphatic heterocycles. The first-order valence-corrected chi connectivity index (χ1v) is 29.9. The van der Waals surface area contributed by atoms with Gasteiger partial charge in [0.15, 0.2) is 0 Å². The second-order valence-corrected chi connectivity index (χ2v) is 25.4. The fraction of sp³-hybridized carbons (Fsp3) is 0.308. The molecular weight excluding hydrogens is 1130 g/mol. The number of H-pyrrole nitrogens is 4. The highest BCUT2D eigenvalue weighted by Gasteiger charge is 2.17. The molecule has 0 fully saturated rings. The molecule has 4 heterocycles. The molecule has 0 aliphatic rings. The van der Waals surface area contributed by atoms with Gasteiger partial charge in [-0.15, -0.1) is 0 Å². The summed E-state index contributed by atoms with van der Waals surface area (Å²) in [5.74, 6) is 1.18. The van der Waals surface area contributed by atoms with E-state index in [9.17, 15) is 36.0 Å². The summed E-state index contributed by atoms with van der Waals surface area (Å²) in [5.41, 5.74) is 9.33. The van der Waals surface area contributed by atoms with E-state index in [1.165, 1.54) is 33.6 Å². The van der Waals surface area contributed by atoms with Crippen LogP contribution >= 0.6 is 46.4 Å². The van der Waals surface area contributed by atoms with Crippen molar-refractivity contribution in [1.82, 2.24) is 39.1 Å². The van der Waals surface area contributed by atoms with Gasteiger partial charge in [0, 0.05) is 97.8 Å². The Kier molecular flexibility index (Phi) is 21.7. The van der Waals surface area contributed by atoms with E-state index in [2.05, 4.69) is 20.4 Å². The van der Waals surface area contributed by atoms with Gasteiger partial charge in [0.2, 0.25) is 0 Å². The molecule has 8 aromatic rings. The molecule has 4 unspecified atom stereocenters. The minimum absolute atomic E-state index is 0.0940. The maximum Gasteiger partial charge on any atom is 0.266 e. The minimum Gasteiger partial charge on any atom is -0.301 e. The molecular formula is C52H60Cl4N8O8S4. The first kappa shape index (κ1) is 61.5. The van der Waals surface area contributed by atoms with E-state index in [0.717, 1.165) is 75.5 Å². The van der Waals surface area contributed by atoms with Crippen molar-refractivity contribution in [2.45, 2.75) is 98.0 Å². The van der Waals surface area contributed by atoms with E-state index in [1.807, 2.05) is 104 Å². The maximum absolute atomic E-state index is 12.5. The molecule has 4 N–H and O–H groups in total. The summed E-state index contributed by atoms with van der Waals surface area (Å²) in [5, 5.41) is 13.3. The Morgan fingerprint density at radius 2 is 0.750 bits per heavy atom. The van der Waals surface area contributed by atoms with Crippen molar-refractivity contribution < 1.29 is 16.8 Å². The second-order valence-electron chi connectivity index (χ2n) is 18.1. The van der Waals surface area contributed by atoms with E-state index in [0.29, 0.717) is 43.0 Å². The number of benzene rings is 4. The molecule has 0 amide bonds. The van der Waals surface area contributed by atoms with Gasteiger partial charge in [-0.25, -0.2) is 0 Å². The lowest BCUT2D eigenvalue weighted by atomic mass is 10.2. The van der Waals surface area contributed by atoms with Gasteiger partial charge < -0.3 is 5.10 Å². The van der Waals surface area contributed by atoms with Crippen molar-refractivity contribution in [2.24, 2.45) is 28.2 Å². The lowest BCUT2D eigenvalue weighted by molar-refractivity contribution is 0.564. The van der Waals surface area contributed by atoms with Gasteiger partial charge in [-0.05, 0) is 148 Å². The summed E-state index contributed by atoms with van der Waals surface area (Å²) in [6, 6.07) is 20.5. The number of aromatic amines is 4. The molecule has 24 heteroatoms. The smallest absolute Gasteiger partial charge is 0.266 e. The Bertz CT molecular complexity index is 3790. The zero-order valence-corrected chi connectivity index (χ0v) is 50.2. The largest absolute Gasteiger partial charge is 0.301 e. The van der Waals surface area contributed by atoms with Crippen LogP contribution in [0.2, 0.25) is 20.1 Å². The Labute approximate surface area is 469 Å². The topological polar surface area (TPSA) is 219 Å². The third-order valence-corrected chi connectivity index (χ3v) is 19.6. The molecule has 0 radical (unpaired) electrons. The summed E-state index contributed by atoms with van der Waals surface area (Å²) in [7, 11) is 2.03. The summed E-state index contributed by atoms with van der Waals surface area (Å²) >= 11 is 24.1. The average molecular weight is 1200 g/mol. The predicted molar refractivity (Wildman–Crippen MR) is 308 cm³/mol. The van der Waals surface area contributed by atoms with Crippen LogP contribution < -0.4 is 22.2 Å². The van der Waals surface area contributed by atoms with Crippen molar-refractivity contribution in [3.05, 3.63) is 202 Å². The number of nitrogens with one attached hydrogen (secondary N) is 4. The van der Waals surface area contributed by atoms with Gasteiger partial charge in [0.1, 0.15) is 0 Å². The van der Waals surface area contributed by atoms with Crippen LogP contribution in [0.25, 0.3) is 0 Å². The Morgan fingerprint density at radius 3 is 1.07 bits per heavy atom. The summed E-state index contributed by atoms with van der Waals surface area (Å²) in [6.45, 7) is 15.1. The average Bonchev–Trinajstić information content (AvgIpc) is 4.06. The van der Waals surface area contributed by atoms with Crippen LogP contribution in [-0.4, -0.2) is 56.0 Å². The van der Waals surface area contributed by atoms with E-state index in [-0.39, 0.29) is 33.7 Å². The molecule has 76 heavy (non-hydrogen) atoms. The van der Waals surface area contributed by atoms with Gasteiger partial charge in [0.05, 0.1) is 83.3 Å². The standard InChI is InChI=1S/C14H17ClN2O2S.2C13H15ClN2O2S.C12H13ClN2O2S/c1-9-6-13(10(2)5-12(9)15)20(19)8-11-7-14(18)17(4)16(11)3;1-8-5-12(9(2)4-11(8)14)19(18)7-10-6-13(17)15-16(10)3;1-8-5-12(9(2)4-11(8)14)19(18)7-10-6-13(17)16(3)15-10;1-7-4-11(8(2)3-10(7)13)18(17)6-9-5-12(16)15-14-9/h5-7H,8H2,1-4H3;4-6H,7H2,1-3H3,(H,15,17);4-6,15H,7H2,1-3H3;3-5H,6H2,1-2H3,(H2,14,15,16). The Balaban J connectivity index is 0.000000187. The quantitative estimate of drug-likeness (QED) is 0.0922. The summed E-state index contributed by atoms with van der Waals surface area (Å²) in [6.07, 6.45) is 0. The van der Waals surface area contributed by atoms with E-state index < -0.39 is 43.2 Å². The molecule has 4 atom stereocenters. The monoisotopic (exact) mass is 1190 g/mol. The van der Waals surface area contributed by atoms with Crippen LogP contribution in [0.1, 0.15) is 67.3 Å². The van der Waals surface area contributed by atoms with Crippen LogP contribution in [0.4, 0.5) is 0 Å². The van der Waals surface area contributed by atoms with Crippen LogP contribution in [0.3, 0.4) is 0 Å². The van der Waals surface area contributed by atoms with Gasteiger partial charge in [-0.2, -0.15) is 0 Å². The van der Waals surface area contributed by atoms with Crippen LogP contribution in [-0.2, 0) is 94.4 Å². The first-order chi connectivity index (χ1) is 35.5. The normalized spacial score (nSPS) is 12.6. The lowest BCUT2D eigenvalue weighted by Gasteiger charge is -2.10. The second kappa shape index (κ2) is 26.8. The molecule has 0 saturated carbocycles. The molecule has 0 bridgehead atoms. The zero-order chi connectivity index (χ0) is 56.6. The number of rotatable bonds is 12. The highest BCUT2D eigenvalue weighted by atomic mass is 35.5. The van der Waals surface area contributed by atoms with Crippen molar-refractivity contribution in [3.8, 4) is 0 Å². The first-order valence-electron chi connectivity index (χ1n) is 23.1. The number of hydrogen-bond donors (Lipinski definition) is 4. The number of nitrogens with zero attached hydrogens (tertiary/aromatic N) is 4. The Hall–Kier alpha value is -5.32. The molecule has 0 spiro atoms. The zero-order valence-electron chi connectivity index (χ0n) is 44.0. The number of halogens is 4. The molecule has 4 aromatic carbocycles. The predicted octanol–water partition coefficient (Wildman–Crippen LogP) is 9.17.